The van der Waals surface area contributed by atoms with E-state index in [4.69, 9.17) is 0 Å². The highest BCUT2D eigenvalue weighted by atomic mass is 19.1. The lowest BCUT2D eigenvalue weighted by molar-refractivity contribution is 0.629. The van der Waals surface area contributed by atoms with Crippen LogP contribution in [0.25, 0.3) is 43.4 Å². The summed E-state index contributed by atoms with van der Waals surface area (Å²) in [6, 6.07) is 45.7. The highest BCUT2D eigenvalue weighted by molar-refractivity contribution is 6.22. The highest BCUT2D eigenvalue weighted by Crippen LogP contribution is 2.58. The summed E-state index contributed by atoms with van der Waals surface area (Å²) < 4.78 is 15.6. The van der Waals surface area contributed by atoms with E-state index in [1.807, 2.05) is 30.3 Å². The molecule has 196 valence electrons. The first-order chi connectivity index (χ1) is 20.1. The molecule has 41 heavy (non-hydrogen) atoms. The standard InChI is InChI=1S/C39H28FN/c1-39(2)32-24-35(41(25-14-4-3-5-15-25)34-23-13-12-22-33(34)40)28-18-8-10-20-30(28)36(32)37-29-19-9-6-16-26(29)27-17-7-11-21-31(27)38(37)39/h3-24H,1-2H3. The predicted octanol–water partition coefficient (Wildman–Crippen LogP) is 11.1. The summed E-state index contributed by atoms with van der Waals surface area (Å²) in [5, 5.41) is 7.41. The van der Waals surface area contributed by atoms with E-state index in [0.717, 1.165) is 16.8 Å². The summed E-state index contributed by atoms with van der Waals surface area (Å²) in [6.07, 6.45) is 0. The third-order valence-electron chi connectivity index (χ3n) is 8.85. The third-order valence-corrected chi connectivity index (χ3v) is 8.85. The Labute approximate surface area is 239 Å². The van der Waals surface area contributed by atoms with Crippen molar-refractivity contribution in [1.29, 1.82) is 0 Å². The molecule has 0 bridgehead atoms. The van der Waals surface area contributed by atoms with Crippen molar-refractivity contribution in [2.24, 2.45) is 0 Å². The molecule has 2 heteroatoms. The van der Waals surface area contributed by atoms with Gasteiger partial charge in [0, 0.05) is 16.5 Å². The Morgan fingerprint density at radius 1 is 0.488 bits per heavy atom. The average Bonchev–Trinajstić information content (AvgIpc) is 3.26. The molecule has 1 aliphatic rings. The van der Waals surface area contributed by atoms with Gasteiger partial charge in [0.25, 0.3) is 0 Å². The second-order valence-electron chi connectivity index (χ2n) is 11.5. The molecule has 0 saturated carbocycles. The molecule has 0 saturated heterocycles. The van der Waals surface area contributed by atoms with Crippen LogP contribution < -0.4 is 4.90 Å². The maximum absolute atomic E-state index is 15.6. The number of benzene rings is 7. The van der Waals surface area contributed by atoms with Gasteiger partial charge in [0.05, 0.1) is 11.4 Å². The van der Waals surface area contributed by atoms with Crippen LogP contribution in [0, 0.1) is 5.82 Å². The zero-order valence-corrected chi connectivity index (χ0v) is 23.0. The fourth-order valence-corrected chi connectivity index (χ4v) is 7.11. The normalized spacial score (nSPS) is 13.4. The largest absolute Gasteiger partial charge is 0.307 e. The molecule has 0 atom stereocenters. The highest BCUT2D eigenvalue weighted by Gasteiger charge is 2.40. The first kappa shape index (κ1) is 23.9. The van der Waals surface area contributed by atoms with Crippen molar-refractivity contribution in [2.75, 3.05) is 4.90 Å². The summed E-state index contributed by atoms with van der Waals surface area (Å²) >= 11 is 0. The Hall–Kier alpha value is -4.95. The van der Waals surface area contributed by atoms with Crippen LogP contribution in [0.3, 0.4) is 0 Å². The summed E-state index contributed by atoms with van der Waals surface area (Å²) in [4.78, 5) is 2.08. The summed E-state index contributed by atoms with van der Waals surface area (Å²) in [5.74, 6) is -0.250. The molecule has 0 heterocycles. The minimum atomic E-state index is -0.273. The van der Waals surface area contributed by atoms with Gasteiger partial charge in [0.1, 0.15) is 5.82 Å². The van der Waals surface area contributed by atoms with E-state index in [0.29, 0.717) is 5.69 Å². The molecular formula is C39H28FN. The fourth-order valence-electron chi connectivity index (χ4n) is 7.11. The van der Waals surface area contributed by atoms with Crippen LogP contribution in [0.1, 0.15) is 25.0 Å². The second-order valence-corrected chi connectivity index (χ2v) is 11.5. The molecular weight excluding hydrogens is 501 g/mol. The van der Waals surface area contributed by atoms with Gasteiger partial charge < -0.3 is 4.90 Å². The van der Waals surface area contributed by atoms with Gasteiger partial charge in [-0.25, -0.2) is 4.39 Å². The first-order valence-electron chi connectivity index (χ1n) is 14.2. The molecule has 7 aromatic carbocycles. The molecule has 0 aliphatic heterocycles. The number of hydrogen-bond donors (Lipinski definition) is 0. The van der Waals surface area contributed by atoms with E-state index in [1.54, 1.807) is 12.1 Å². The van der Waals surface area contributed by atoms with E-state index >= 15 is 4.39 Å². The average molecular weight is 530 g/mol. The van der Waals surface area contributed by atoms with Crippen molar-refractivity contribution in [1.82, 2.24) is 0 Å². The van der Waals surface area contributed by atoms with Crippen LogP contribution in [-0.4, -0.2) is 0 Å². The van der Waals surface area contributed by atoms with Gasteiger partial charge in [0.2, 0.25) is 0 Å². The van der Waals surface area contributed by atoms with Crippen molar-refractivity contribution in [2.45, 2.75) is 19.3 Å². The van der Waals surface area contributed by atoms with Gasteiger partial charge >= 0.3 is 0 Å². The van der Waals surface area contributed by atoms with Crippen molar-refractivity contribution >= 4 is 49.4 Å². The Balaban J connectivity index is 1.54. The smallest absolute Gasteiger partial charge is 0.147 e. The van der Waals surface area contributed by atoms with Crippen LogP contribution in [0.4, 0.5) is 21.5 Å². The van der Waals surface area contributed by atoms with E-state index in [1.165, 1.54) is 49.2 Å². The zero-order valence-electron chi connectivity index (χ0n) is 23.0. The van der Waals surface area contributed by atoms with E-state index < -0.39 is 0 Å². The molecule has 0 unspecified atom stereocenters. The monoisotopic (exact) mass is 529 g/mol. The third kappa shape index (κ3) is 3.34. The molecule has 0 aromatic heterocycles. The van der Waals surface area contributed by atoms with Gasteiger partial charge in [0.15, 0.2) is 0 Å². The molecule has 0 N–H and O–H groups in total. The SMILES string of the molecule is CC1(C)c2cc(N(c3ccccc3)c3ccccc3F)c3ccccc3c2-c2c1c1ccccc1c1ccccc21. The number of anilines is 3. The first-order valence-corrected chi connectivity index (χ1v) is 14.2. The number of hydrogen-bond acceptors (Lipinski definition) is 1. The lowest BCUT2D eigenvalue weighted by Crippen LogP contribution is -2.18. The second kappa shape index (κ2) is 8.78. The molecule has 0 spiro atoms. The molecule has 1 aliphatic carbocycles. The predicted molar refractivity (Wildman–Crippen MR) is 171 cm³/mol. The van der Waals surface area contributed by atoms with Crippen LogP contribution in [0.15, 0.2) is 133 Å². The van der Waals surface area contributed by atoms with Gasteiger partial charge in [-0.3, -0.25) is 0 Å². The zero-order chi connectivity index (χ0) is 27.7. The Morgan fingerprint density at radius 3 is 1.68 bits per heavy atom. The van der Waals surface area contributed by atoms with E-state index in [2.05, 4.69) is 110 Å². The van der Waals surface area contributed by atoms with Gasteiger partial charge in [-0.1, -0.05) is 117 Å². The van der Waals surface area contributed by atoms with Crippen LogP contribution in [0.5, 0.6) is 0 Å². The van der Waals surface area contributed by atoms with E-state index in [9.17, 15) is 0 Å². The van der Waals surface area contributed by atoms with Crippen molar-refractivity contribution < 1.29 is 4.39 Å². The molecule has 0 amide bonds. The van der Waals surface area contributed by atoms with Gasteiger partial charge in [-0.2, -0.15) is 0 Å². The number of halogens is 1. The Kier molecular flexibility index (Phi) is 5.11. The van der Waals surface area contributed by atoms with Crippen LogP contribution >= 0.6 is 0 Å². The maximum atomic E-state index is 15.6. The summed E-state index contributed by atoms with van der Waals surface area (Å²) in [5.41, 5.74) is 7.39. The lowest BCUT2D eigenvalue weighted by Gasteiger charge is -2.30. The van der Waals surface area contributed by atoms with Crippen LogP contribution in [-0.2, 0) is 5.41 Å². The van der Waals surface area contributed by atoms with Gasteiger partial charge in [-0.05, 0) is 79.5 Å². The quantitative estimate of drug-likeness (QED) is 0.206. The number of nitrogens with zero attached hydrogens (tertiary/aromatic N) is 1. The van der Waals surface area contributed by atoms with Crippen molar-refractivity contribution in [3.05, 3.63) is 150 Å². The number of para-hydroxylation sites is 2. The van der Waals surface area contributed by atoms with Gasteiger partial charge in [-0.15, -0.1) is 0 Å². The van der Waals surface area contributed by atoms with Crippen molar-refractivity contribution in [3.63, 3.8) is 0 Å². The fraction of sp³-hybridized carbons (Fsp3) is 0.0769. The topological polar surface area (TPSA) is 3.24 Å². The molecule has 0 fully saturated rings. The molecule has 8 rings (SSSR count). The minimum Gasteiger partial charge on any atom is -0.307 e. The summed E-state index contributed by atoms with van der Waals surface area (Å²) in [7, 11) is 0. The Morgan fingerprint density at radius 2 is 1.00 bits per heavy atom. The lowest BCUT2D eigenvalue weighted by atomic mass is 9.79. The number of rotatable bonds is 3. The molecule has 0 radical (unpaired) electrons. The maximum Gasteiger partial charge on any atom is 0.147 e. The van der Waals surface area contributed by atoms with Crippen molar-refractivity contribution in [3.8, 4) is 11.1 Å². The van der Waals surface area contributed by atoms with Crippen LogP contribution in [0.2, 0.25) is 0 Å². The number of fused-ring (bicyclic) bond motifs is 10. The molecule has 7 aromatic rings. The molecule has 1 nitrogen and oxygen atoms in total. The minimum absolute atomic E-state index is 0.250. The summed E-state index contributed by atoms with van der Waals surface area (Å²) in [6.45, 7) is 4.68. The Bertz CT molecular complexity index is 2140. The van der Waals surface area contributed by atoms with E-state index in [-0.39, 0.29) is 11.2 Å².